The molecule has 0 aliphatic heterocycles. The predicted octanol–water partition coefficient (Wildman–Crippen LogP) is 7.16. The predicted molar refractivity (Wildman–Crippen MR) is 197 cm³/mol. The summed E-state index contributed by atoms with van der Waals surface area (Å²) in [7, 11) is 2.83. The van der Waals surface area contributed by atoms with Crippen molar-refractivity contribution >= 4 is 35.3 Å². The second kappa shape index (κ2) is 20.3. The van der Waals surface area contributed by atoms with Crippen molar-refractivity contribution in [1.29, 1.82) is 0 Å². The van der Waals surface area contributed by atoms with Gasteiger partial charge in [-0.15, -0.1) is 0 Å². The first-order valence-electron chi connectivity index (χ1n) is 15.8. The fraction of sp³-hybridized carbons (Fsp3) is 0.143. The number of carbonyl (C=O) groups excluding carboxylic acids is 6. The lowest BCUT2D eigenvalue weighted by molar-refractivity contribution is -0.176. The number of benzene rings is 4. The number of phenolic OH excluding ortho intramolecular Hbond substituents is 1. The highest BCUT2D eigenvalue weighted by Gasteiger charge is 2.41. The Bertz CT molecular complexity index is 1930. The Morgan fingerprint density at radius 1 is 0.528 bits per heavy atom. The summed E-state index contributed by atoms with van der Waals surface area (Å²) in [5.74, 6) is -4.58. The highest BCUT2D eigenvalue weighted by molar-refractivity contribution is 6.49. The largest absolute Gasteiger partial charge is 0.508 e. The van der Waals surface area contributed by atoms with E-state index in [2.05, 4.69) is 24.5 Å². The lowest BCUT2D eigenvalue weighted by Gasteiger charge is -2.29. The van der Waals surface area contributed by atoms with Crippen LogP contribution in [-0.2, 0) is 34.4 Å². The Hall–Kier alpha value is -6.56. The number of carbonyl (C=O) groups is 6. The van der Waals surface area contributed by atoms with E-state index >= 15 is 0 Å². The van der Waals surface area contributed by atoms with Crippen LogP contribution in [0, 0.1) is 0 Å². The molecular weight excluding hydrogens is 680 g/mol. The summed E-state index contributed by atoms with van der Waals surface area (Å²) in [4.78, 5) is 69.5. The van der Waals surface area contributed by atoms with Gasteiger partial charge in [-0.05, 0) is 69.3 Å². The molecule has 0 saturated carbocycles. The first-order valence-corrected chi connectivity index (χ1v) is 15.8. The molecule has 0 saturated heterocycles. The molecule has 0 fully saturated rings. The zero-order valence-corrected chi connectivity index (χ0v) is 30.0. The van der Waals surface area contributed by atoms with Gasteiger partial charge in [0.15, 0.2) is 0 Å². The standard InChI is InChI=1S/C20H20O5.C14H10O3.C8H10O3/c1-14(2)19(22)25-17-12-10-15(11-13-17)18(21)20(23-3,24-4)16-8-6-5-7-9-16;15-12-8-6-11(7-9-12)14(17)13(16)10-4-2-1-3-5-10;1-5(2)7(9)11-8(10)6(3)4/h5-13H,1H2,2-4H3;1-9,15H;1,3H2,2,4H3. The maximum absolute atomic E-state index is 13.0. The first-order chi connectivity index (χ1) is 25.1. The van der Waals surface area contributed by atoms with Gasteiger partial charge in [0, 0.05) is 53.2 Å². The van der Waals surface area contributed by atoms with Gasteiger partial charge >= 0.3 is 17.9 Å². The summed E-state index contributed by atoms with van der Waals surface area (Å²) in [5.41, 5.74) is 2.27. The molecule has 0 bridgehead atoms. The molecule has 53 heavy (non-hydrogen) atoms. The Balaban J connectivity index is 0.000000300. The summed E-state index contributed by atoms with van der Waals surface area (Å²) in [6.07, 6.45) is 0. The summed E-state index contributed by atoms with van der Waals surface area (Å²) in [6, 6.07) is 29.1. The zero-order valence-electron chi connectivity index (χ0n) is 30.0. The van der Waals surface area contributed by atoms with Crippen LogP contribution in [-0.4, -0.2) is 54.6 Å². The third-order valence-electron chi connectivity index (χ3n) is 6.96. The molecular formula is C42H40O11. The summed E-state index contributed by atoms with van der Waals surface area (Å²) >= 11 is 0. The molecule has 0 unspecified atom stereocenters. The molecule has 4 aromatic rings. The molecule has 11 heteroatoms. The molecule has 0 aromatic heterocycles. The van der Waals surface area contributed by atoms with Crippen molar-refractivity contribution in [1.82, 2.24) is 0 Å². The number of hydrogen-bond donors (Lipinski definition) is 1. The van der Waals surface area contributed by atoms with E-state index < -0.39 is 35.3 Å². The van der Waals surface area contributed by atoms with Crippen LogP contribution >= 0.6 is 0 Å². The monoisotopic (exact) mass is 720 g/mol. The number of methoxy groups -OCH3 is 2. The SMILES string of the molecule is C=C(C)C(=O)OC(=O)C(=C)C.C=C(C)C(=O)Oc1ccc(C(=O)C(OC)(OC)c2ccccc2)cc1.O=C(C(=O)c1ccc(O)cc1)c1ccccc1. The van der Waals surface area contributed by atoms with Crippen LogP contribution in [0.2, 0.25) is 0 Å². The number of phenols is 1. The van der Waals surface area contributed by atoms with Crippen LogP contribution in [0.3, 0.4) is 0 Å². The van der Waals surface area contributed by atoms with Crippen molar-refractivity contribution < 1.29 is 52.8 Å². The Labute approximate surface area is 307 Å². The van der Waals surface area contributed by atoms with Crippen LogP contribution in [0.15, 0.2) is 146 Å². The van der Waals surface area contributed by atoms with Gasteiger partial charge in [-0.3, -0.25) is 14.4 Å². The molecule has 4 aromatic carbocycles. The maximum atomic E-state index is 13.0. The summed E-state index contributed by atoms with van der Waals surface area (Å²) in [6.45, 7) is 14.6. The van der Waals surface area contributed by atoms with E-state index in [-0.39, 0.29) is 28.2 Å². The van der Waals surface area contributed by atoms with Gasteiger partial charge in [-0.25, -0.2) is 14.4 Å². The normalized spacial score (nSPS) is 10.1. The number of aromatic hydroxyl groups is 1. The zero-order chi connectivity index (χ0) is 39.7. The van der Waals surface area contributed by atoms with Gasteiger partial charge in [0.05, 0.1) is 0 Å². The fourth-order valence-corrected chi connectivity index (χ4v) is 4.07. The highest BCUT2D eigenvalue weighted by atomic mass is 16.7. The van der Waals surface area contributed by atoms with Crippen LogP contribution in [0.4, 0.5) is 0 Å². The van der Waals surface area contributed by atoms with Gasteiger partial charge in [-0.2, -0.15) is 0 Å². The van der Waals surface area contributed by atoms with Crippen LogP contribution < -0.4 is 4.74 Å². The number of hydrogen-bond acceptors (Lipinski definition) is 11. The van der Waals surface area contributed by atoms with Crippen LogP contribution in [0.1, 0.15) is 57.4 Å². The van der Waals surface area contributed by atoms with E-state index in [0.717, 1.165) is 0 Å². The molecule has 0 aliphatic carbocycles. The van der Waals surface area contributed by atoms with Gasteiger partial charge in [-0.1, -0.05) is 80.4 Å². The molecule has 11 nitrogen and oxygen atoms in total. The number of esters is 3. The van der Waals surface area contributed by atoms with Crippen LogP contribution in [0.5, 0.6) is 11.5 Å². The smallest absolute Gasteiger partial charge is 0.340 e. The average molecular weight is 721 g/mol. The molecule has 274 valence electrons. The van der Waals surface area contributed by atoms with Crippen molar-refractivity contribution in [3.63, 3.8) is 0 Å². The van der Waals surface area contributed by atoms with E-state index in [4.69, 9.17) is 19.3 Å². The minimum Gasteiger partial charge on any atom is -0.508 e. The van der Waals surface area contributed by atoms with Gasteiger partial charge in [0.2, 0.25) is 17.3 Å². The number of ketones is 3. The molecule has 0 heterocycles. The van der Waals surface area contributed by atoms with E-state index in [0.29, 0.717) is 28.0 Å². The molecule has 1 N–H and O–H groups in total. The van der Waals surface area contributed by atoms with Gasteiger partial charge in [0.25, 0.3) is 5.79 Å². The highest BCUT2D eigenvalue weighted by Crippen LogP contribution is 2.31. The second-order valence-corrected chi connectivity index (χ2v) is 11.2. The van der Waals surface area contributed by atoms with Gasteiger partial charge < -0.3 is 24.1 Å². The third-order valence-corrected chi connectivity index (χ3v) is 6.96. The Morgan fingerprint density at radius 3 is 1.34 bits per heavy atom. The second-order valence-electron chi connectivity index (χ2n) is 11.2. The number of Topliss-reactive ketones (excluding diaryl/α,β-unsaturated/α-hetero) is 3. The lowest BCUT2D eigenvalue weighted by atomic mass is 9.96. The molecule has 0 amide bonds. The minimum absolute atomic E-state index is 0.0636. The quantitative estimate of drug-likeness (QED) is 0.0301. The topological polar surface area (TPSA) is 160 Å². The average Bonchev–Trinajstić information content (AvgIpc) is 3.16. The Kier molecular flexibility index (Phi) is 16.3. The molecule has 0 atom stereocenters. The van der Waals surface area contributed by atoms with E-state index in [1.165, 1.54) is 64.5 Å². The summed E-state index contributed by atoms with van der Waals surface area (Å²) < 4.78 is 20.3. The molecule has 0 spiro atoms. The van der Waals surface area contributed by atoms with E-state index in [1.54, 1.807) is 73.7 Å². The van der Waals surface area contributed by atoms with Crippen molar-refractivity contribution in [3.05, 3.63) is 168 Å². The van der Waals surface area contributed by atoms with Crippen molar-refractivity contribution in [2.75, 3.05) is 14.2 Å². The maximum Gasteiger partial charge on any atom is 0.340 e. The molecule has 4 rings (SSSR count). The van der Waals surface area contributed by atoms with E-state index in [1.807, 2.05) is 6.07 Å². The lowest BCUT2D eigenvalue weighted by Crippen LogP contribution is -2.39. The van der Waals surface area contributed by atoms with Crippen LogP contribution in [0.25, 0.3) is 0 Å². The Morgan fingerprint density at radius 2 is 0.925 bits per heavy atom. The van der Waals surface area contributed by atoms with Gasteiger partial charge in [0.1, 0.15) is 11.5 Å². The van der Waals surface area contributed by atoms with Crippen molar-refractivity contribution in [3.8, 4) is 11.5 Å². The number of ether oxygens (including phenoxy) is 4. The minimum atomic E-state index is -1.54. The van der Waals surface area contributed by atoms with Crippen molar-refractivity contribution in [2.24, 2.45) is 0 Å². The number of rotatable bonds is 12. The molecule has 0 aliphatic rings. The molecule has 0 radical (unpaired) electrons. The summed E-state index contributed by atoms with van der Waals surface area (Å²) in [5, 5.41) is 9.10. The first kappa shape index (κ1) is 42.6. The van der Waals surface area contributed by atoms with E-state index in [9.17, 15) is 28.8 Å². The fourth-order valence-electron chi connectivity index (χ4n) is 4.07. The third kappa shape index (κ3) is 12.3. The van der Waals surface area contributed by atoms with Crippen molar-refractivity contribution in [2.45, 2.75) is 26.6 Å².